The molecule has 0 aromatic rings. The van der Waals surface area contributed by atoms with Crippen molar-refractivity contribution in [1.29, 1.82) is 0 Å². The second kappa shape index (κ2) is 6.79. The van der Waals surface area contributed by atoms with Gasteiger partial charge in [-0.3, -0.25) is 5.32 Å². The van der Waals surface area contributed by atoms with E-state index in [2.05, 4.69) is 16.0 Å². The summed E-state index contributed by atoms with van der Waals surface area (Å²) in [5.74, 6) is 0.114. The van der Waals surface area contributed by atoms with E-state index in [0.29, 0.717) is 11.5 Å². The van der Waals surface area contributed by atoms with Gasteiger partial charge in [0.25, 0.3) is 0 Å². The molecular formula is C16H25F2N3O. The predicted molar refractivity (Wildman–Crippen MR) is 83.1 cm³/mol. The lowest BCUT2D eigenvalue weighted by atomic mass is 10.0. The molecule has 4 N–H and O–H groups in total. The first-order chi connectivity index (χ1) is 10.2. The van der Waals surface area contributed by atoms with Crippen molar-refractivity contribution < 1.29 is 13.9 Å². The summed E-state index contributed by atoms with van der Waals surface area (Å²) in [6, 6.07) is -0.155. The second-order valence-electron chi connectivity index (χ2n) is 6.85. The molecule has 0 aromatic heterocycles. The van der Waals surface area contributed by atoms with Crippen LogP contribution in [0.1, 0.15) is 40.0 Å². The first kappa shape index (κ1) is 17.0. The zero-order valence-electron chi connectivity index (χ0n) is 13.3. The molecule has 0 aromatic carbocycles. The molecule has 2 aliphatic rings. The molecule has 1 heterocycles. The predicted octanol–water partition coefficient (Wildman–Crippen LogP) is 2.36. The number of hydrogen-bond donors (Lipinski definition) is 4. The SMILES string of the molecule is CC(C)(C)NC(O)C1CCC=C(NC2=CC(F)=CC(F)C2)N1. The summed E-state index contributed by atoms with van der Waals surface area (Å²) in [7, 11) is 0. The van der Waals surface area contributed by atoms with Gasteiger partial charge in [-0.2, -0.15) is 0 Å². The Hall–Kier alpha value is -1.40. The number of halogens is 2. The van der Waals surface area contributed by atoms with Crippen LogP contribution in [0.5, 0.6) is 0 Å². The number of aliphatic hydroxyl groups is 1. The third-order valence-electron chi connectivity index (χ3n) is 3.49. The molecule has 0 amide bonds. The first-order valence-corrected chi connectivity index (χ1v) is 7.64. The van der Waals surface area contributed by atoms with Crippen molar-refractivity contribution in [3.8, 4) is 0 Å². The Balaban J connectivity index is 1.94. The van der Waals surface area contributed by atoms with Crippen LogP contribution in [-0.2, 0) is 0 Å². The van der Waals surface area contributed by atoms with Gasteiger partial charge in [0.05, 0.1) is 11.9 Å². The van der Waals surface area contributed by atoms with Gasteiger partial charge in [-0.1, -0.05) is 0 Å². The third-order valence-corrected chi connectivity index (χ3v) is 3.49. The van der Waals surface area contributed by atoms with E-state index in [-0.39, 0.29) is 18.0 Å². The normalized spacial score (nSPS) is 27.3. The number of alkyl halides is 1. The largest absolute Gasteiger partial charge is 0.376 e. The van der Waals surface area contributed by atoms with Gasteiger partial charge in [0, 0.05) is 17.7 Å². The topological polar surface area (TPSA) is 56.3 Å². The minimum Gasteiger partial charge on any atom is -0.376 e. The summed E-state index contributed by atoms with van der Waals surface area (Å²) in [6.07, 6.45) is 3.89. The van der Waals surface area contributed by atoms with E-state index in [1.54, 1.807) is 0 Å². The minimum absolute atomic E-state index is 0.125. The Labute approximate surface area is 130 Å². The van der Waals surface area contributed by atoms with E-state index in [1.807, 2.05) is 26.8 Å². The molecule has 3 unspecified atom stereocenters. The minimum atomic E-state index is -1.30. The van der Waals surface area contributed by atoms with E-state index < -0.39 is 18.2 Å². The molecule has 0 spiro atoms. The number of rotatable bonds is 4. The highest BCUT2D eigenvalue weighted by Gasteiger charge is 2.26. The van der Waals surface area contributed by atoms with Crippen molar-refractivity contribution in [3.05, 3.63) is 35.6 Å². The molecule has 124 valence electrons. The van der Waals surface area contributed by atoms with Crippen molar-refractivity contribution in [2.24, 2.45) is 0 Å². The lowest BCUT2D eigenvalue weighted by Gasteiger charge is -2.34. The zero-order valence-corrected chi connectivity index (χ0v) is 13.3. The van der Waals surface area contributed by atoms with Gasteiger partial charge in [0.2, 0.25) is 0 Å². The van der Waals surface area contributed by atoms with Crippen LogP contribution in [0.25, 0.3) is 0 Å². The first-order valence-electron chi connectivity index (χ1n) is 7.64. The molecule has 0 bridgehead atoms. The monoisotopic (exact) mass is 313 g/mol. The zero-order chi connectivity index (χ0) is 16.3. The molecule has 0 fully saturated rings. The molecule has 0 radical (unpaired) electrons. The standard InChI is InChI=1S/C16H25F2N3O/c1-16(2,3)21-15(22)13-5-4-6-14(20-13)19-12-8-10(17)7-11(18)9-12/h6-8,11,13,15,19-22H,4-5,9H2,1-3H3. The van der Waals surface area contributed by atoms with E-state index >= 15 is 0 Å². The highest BCUT2D eigenvalue weighted by molar-refractivity contribution is 5.27. The molecular weight excluding hydrogens is 288 g/mol. The number of nitrogens with one attached hydrogen (secondary N) is 3. The van der Waals surface area contributed by atoms with Crippen molar-refractivity contribution in [2.75, 3.05) is 0 Å². The summed E-state index contributed by atoms with van der Waals surface area (Å²) < 4.78 is 26.6. The molecule has 3 atom stereocenters. The number of allylic oxidation sites excluding steroid dienone is 5. The lowest BCUT2D eigenvalue weighted by molar-refractivity contribution is 0.0660. The maximum absolute atomic E-state index is 13.3. The molecule has 0 saturated carbocycles. The van der Waals surface area contributed by atoms with E-state index in [4.69, 9.17) is 0 Å². The summed E-state index contributed by atoms with van der Waals surface area (Å²) in [4.78, 5) is 0. The Morgan fingerprint density at radius 3 is 2.77 bits per heavy atom. The van der Waals surface area contributed by atoms with Crippen molar-refractivity contribution in [3.63, 3.8) is 0 Å². The van der Waals surface area contributed by atoms with E-state index in [1.165, 1.54) is 6.08 Å². The van der Waals surface area contributed by atoms with Gasteiger partial charge in [-0.05, 0) is 51.8 Å². The summed E-state index contributed by atoms with van der Waals surface area (Å²) in [6.45, 7) is 5.95. The Kier molecular flexibility index (Phi) is 5.24. The fraction of sp³-hybridized carbons (Fsp3) is 0.625. The van der Waals surface area contributed by atoms with Crippen LogP contribution >= 0.6 is 0 Å². The molecule has 1 aliphatic carbocycles. The van der Waals surface area contributed by atoms with Crippen molar-refractivity contribution in [2.45, 2.75) is 64.0 Å². The Morgan fingerprint density at radius 1 is 1.41 bits per heavy atom. The van der Waals surface area contributed by atoms with Gasteiger partial charge in [-0.25, -0.2) is 8.78 Å². The molecule has 22 heavy (non-hydrogen) atoms. The van der Waals surface area contributed by atoms with Crippen LogP contribution in [0.4, 0.5) is 8.78 Å². The quantitative estimate of drug-likeness (QED) is 0.602. The van der Waals surface area contributed by atoms with Crippen molar-refractivity contribution in [1.82, 2.24) is 16.0 Å². The molecule has 0 saturated heterocycles. The lowest BCUT2D eigenvalue weighted by Crippen LogP contribution is -2.55. The highest BCUT2D eigenvalue weighted by atomic mass is 19.1. The molecule has 1 aliphatic heterocycles. The maximum atomic E-state index is 13.3. The second-order valence-corrected chi connectivity index (χ2v) is 6.85. The van der Waals surface area contributed by atoms with E-state index in [0.717, 1.165) is 18.9 Å². The van der Waals surface area contributed by atoms with Gasteiger partial charge in [-0.15, -0.1) is 0 Å². The summed E-state index contributed by atoms with van der Waals surface area (Å²) >= 11 is 0. The molecule has 2 rings (SSSR count). The van der Waals surface area contributed by atoms with Crippen LogP contribution in [-0.4, -0.2) is 29.1 Å². The van der Waals surface area contributed by atoms with Crippen LogP contribution in [0.2, 0.25) is 0 Å². The average molecular weight is 313 g/mol. The summed E-state index contributed by atoms with van der Waals surface area (Å²) in [5, 5.41) is 19.6. The summed E-state index contributed by atoms with van der Waals surface area (Å²) in [5.41, 5.74) is 0.294. The number of hydrogen-bond acceptors (Lipinski definition) is 4. The van der Waals surface area contributed by atoms with Crippen molar-refractivity contribution >= 4 is 0 Å². The van der Waals surface area contributed by atoms with Crippen LogP contribution in [0.15, 0.2) is 35.6 Å². The molecule has 4 nitrogen and oxygen atoms in total. The Bertz CT molecular complexity index is 494. The van der Waals surface area contributed by atoms with Gasteiger partial charge in [0.1, 0.15) is 18.2 Å². The van der Waals surface area contributed by atoms with Gasteiger partial charge >= 0.3 is 0 Å². The third kappa shape index (κ3) is 5.10. The fourth-order valence-corrected chi connectivity index (χ4v) is 2.58. The van der Waals surface area contributed by atoms with E-state index in [9.17, 15) is 13.9 Å². The average Bonchev–Trinajstić information content (AvgIpc) is 2.35. The van der Waals surface area contributed by atoms with Crippen LogP contribution in [0, 0.1) is 0 Å². The smallest absolute Gasteiger partial charge is 0.127 e. The van der Waals surface area contributed by atoms with Crippen LogP contribution in [0.3, 0.4) is 0 Å². The van der Waals surface area contributed by atoms with Crippen LogP contribution < -0.4 is 16.0 Å². The molecule has 6 heteroatoms. The van der Waals surface area contributed by atoms with Gasteiger partial charge < -0.3 is 15.7 Å². The fourth-order valence-electron chi connectivity index (χ4n) is 2.58. The highest BCUT2D eigenvalue weighted by Crippen LogP contribution is 2.21. The number of aliphatic hydroxyl groups excluding tert-OH is 1. The maximum Gasteiger partial charge on any atom is 0.127 e. The Morgan fingerprint density at radius 2 is 2.14 bits per heavy atom. The van der Waals surface area contributed by atoms with Gasteiger partial charge in [0.15, 0.2) is 0 Å².